The van der Waals surface area contributed by atoms with Crippen LogP contribution in [0.15, 0.2) is 54.3 Å². The molecule has 1 aliphatic heterocycles. The topological polar surface area (TPSA) is 58.6 Å². The lowest BCUT2D eigenvalue weighted by Gasteiger charge is -2.27. The summed E-state index contributed by atoms with van der Waals surface area (Å²) in [5, 5.41) is 3.82. The van der Waals surface area contributed by atoms with E-state index in [0.29, 0.717) is 17.9 Å². The van der Waals surface area contributed by atoms with Crippen LogP contribution in [-0.2, 0) is 4.79 Å². The van der Waals surface area contributed by atoms with Gasteiger partial charge in [-0.05, 0) is 60.9 Å². The van der Waals surface area contributed by atoms with Gasteiger partial charge in [0.2, 0.25) is 0 Å². The van der Waals surface area contributed by atoms with Crippen molar-refractivity contribution in [3.63, 3.8) is 0 Å². The number of fused-ring (bicyclic) bond motifs is 1. The molecule has 1 saturated carbocycles. The quantitative estimate of drug-likeness (QED) is 0.461. The van der Waals surface area contributed by atoms with Crippen LogP contribution in [0.3, 0.4) is 0 Å². The Labute approximate surface area is 194 Å². The van der Waals surface area contributed by atoms with Crippen molar-refractivity contribution in [2.24, 2.45) is 0 Å². The predicted octanol–water partition coefficient (Wildman–Crippen LogP) is 5.27. The fraction of sp³-hybridized carbons (Fsp3) is 0.385. The largest absolute Gasteiger partial charge is 0.449 e. The fourth-order valence-corrected chi connectivity index (χ4v) is 5.40. The van der Waals surface area contributed by atoms with Crippen LogP contribution in [0.25, 0.3) is 6.08 Å². The van der Waals surface area contributed by atoms with Crippen molar-refractivity contribution in [2.45, 2.75) is 43.8 Å². The summed E-state index contributed by atoms with van der Waals surface area (Å²) in [6, 6.07) is 14.7. The van der Waals surface area contributed by atoms with Crippen LogP contribution >= 0.6 is 11.8 Å². The number of amides is 2. The molecule has 0 atom stereocenters. The number of carbonyl (C=O) groups is 2. The first-order valence-corrected chi connectivity index (χ1v) is 12.4. The Kier molecular flexibility index (Phi) is 7.53. The third-order valence-electron chi connectivity index (χ3n) is 5.95. The first-order chi connectivity index (χ1) is 15.6. The molecule has 4 rings (SSSR count). The third kappa shape index (κ3) is 5.54. The highest BCUT2D eigenvalue weighted by molar-refractivity contribution is 7.99. The van der Waals surface area contributed by atoms with E-state index in [1.807, 2.05) is 36.4 Å². The van der Waals surface area contributed by atoms with E-state index in [-0.39, 0.29) is 17.6 Å². The minimum Gasteiger partial charge on any atom is -0.449 e. The molecule has 0 aromatic heterocycles. The molecule has 2 aliphatic rings. The minimum absolute atomic E-state index is 0.0643. The Morgan fingerprint density at radius 1 is 1.12 bits per heavy atom. The molecule has 168 valence electrons. The van der Waals surface area contributed by atoms with E-state index in [1.165, 1.54) is 32.1 Å². The Hall–Kier alpha value is -2.73. The summed E-state index contributed by atoms with van der Waals surface area (Å²) in [6.07, 6.45) is 9.51. The maximum Gasteiger partial charge on any atom is 0.293 e. The van der Waals surface area contributed by atoms with E-state index in [0.717, 1.165) is 28.7 Å². The van der Waals surface area contributed by atoms with Crippen molar-refractivity contribution in [1.29, 1.82) is 0 Å². The number of rotatable bonds is 7. The molecule has 1 fully saturated rings. The maximum atomic E-state index is 12.6. The number of hydrogen-bond acceptors (Lipinski definition) is 4. The Balaban J connectivity index is 1.28. The molecule has 1 N–H and O–H groups in total. The SMILES string of the molecule is CN1C(=O)/C(=C\c2ccc(C(=O)NCCCSC3CCCCC3)cc2)Oc2ccccc21. The summed E-state index contributed by atoms with van der Waals surface area (Å²) < 4.78 is 5.80. The maximum absolute atomic E-state index is 12.6. The van der Waals surface area contributed by atoms with Gasteiger partial charge in [0.25, 0.3) is 11.8 Å². The van der Waals surface area contributed by atoms with Crippen molar-refractivity contribution in [3.8, 4) is 5.75 Å². The van der Waals surface area contributed by atoms with Gasteiger partial charge >= 0.3 is 0 Å². The second-order valence-corrected chi connectivity index (χ2v) is 9.71. The number of nitrogens with one attached hydrogen (secondary N) is 1. The standard InChI is InChI=1S/C26H30N2O3S/c1-28-22-10-5-6-11-23(22)31-24(26(28)30)18-19-12-14-20(15-13-19)25(29)27-16-7-17-32-21-8-3-2-4-9-21/h5-6,10-15,18,21H,2-4,7-9,16-17H2,1H3,(H,27,29)/b24-18+. The zero-order valence-corrected chi connectivity index (χ0v) is 19.3. The molecule has 0 saturated heterocycles. The highest BCUT2D eigenvalue weighted by Crippen LogP contribution is 2.34. The monoisotopic (exact) mass is 450 g/mol. The average Bonchev–Trinajstić information content (AvgIpc) is 2.83. The van der Waals surface area contributed by atoms with Crippen LogP contribution in [0.2, 0.25) is 0 Å². The Morgan fingerprint density at radius 2 is 1.88 bits per heavy atom. The van der Waals surface area contributed by atoms with Gasteiger partial charge in [-0.15, -0.1) is 0 Å². The first kappa shape index (κ1) is 22.5. The Morgan fingerprint density at radius 3 is 2.66 bits per heavy atom. The molecule has 6 heteroatoms. The van der Waals surface area contributed by atoms with Crippen LogP contribution in [0.4, 0.5) is 5.69 Å². The highest BCUT2D eigenvalue weighted by atomic mass is 32.2. The minimum atomic E-state index is -0.198. The fourth-order valence-electron chi connectivity index (χ4n) is 4.09. The van der Waals surface area contributed by atoms with E-state index in [2.05, 4.69) is 17.1 Å². The van der Waals surface area contributed by atoms with E-state index in [4.69, 9.17) is 4.74 Å². The number of para-hydroxylation sites is 2. The zero-order chi connectivity index (χ0) is 22.3. The smallest absolute Gasteiger partial charge is 0.293 e. The molecule has 32 heavy (non-hydrogen) atoms. The molecule has 2 amide bonds. The number of benzene rings is 2. The van der Waals surface area contributed by atoms with Crippen LogP contribution < -0.4 is 15.0 Å². The van der Waals surface area contributed by atoms with E-state index >= 15 is 0 Å². The summed E-state index contributed by atoms with van der Waals surface area (Å²) in [4.78, 5) is 26.6. The zero-order valence-electron chi connectivity index (χ0n) is 18.5. The number of hydrogen-bond donors (Lipinski definition) is 1. The number of carbonyl (C=O) groups excluding carboxylic acids is 2. The van der Waals surface area contributed by atoms with Crippen molar-refractivity contribution < 1.29 is 14.3 Å². The lowest BCUT2D eigenvalue weighted by Crippen LogP contribution is -2.33. The van der Waals surface area contributed by atoms with E-state index < -0.39 is 0 Å². The molecule has 1 heterocycles. The summed E-state index contributed by atoms with van der Waals surface area (Å²) in [5.74, 6) is 1.75. The van der Waals surface area contributed by atoms with Crippen LogP contribution in [0.5, 0.6) is 5.75 Å². The summed E-state index contributed by atoms with van der Waals surface area (Å²) >= 11 is 2.06. The molecular formula is C26H30N2O3S. The predicted molar refractivity (Wildman–Crippen MR) is 131 cm³/mol. The highest BCUT2D eigenvalue weighted by Gasteiger charge is 2.27. The van der Waals surface area contributed by atoms with Crippen LogP contribution in [-0.4, -0.2) is 36.4 Å². The van der Waals surface area contributed by atoms with Gasteiger partial charge in [0, 0.05) is 24.4 Å². The van der Waals surface area contributed by atoms with Crippen molar-refractivity contribution >= 4 is 35.3 Å². The number of ether oxygens (including phenoxy) is 1. The van der Waals surface area contributed by atoms with Crippen molar-refractivity contribution in [3.05, 3.63) is 65.4 Å². The normalized spacial score (nSPS) is 17.7. The number of anilines is 1. The van der Waals surface area contributed by atoms with Gasteiger partial charge in [-0.2, -0.15) is 11.8 Å². The molecule has 0 bridgehead atoms. The van der Waals surface area contributed by atoms with Crippen LogP contribution in [0, 0.1) is 0 Å². The van der Waals surface area contributed by atoms with Gasteiger partial charge in [0.1, 0.15) is 0 Å². The van der Waals surface area contributed by atoms with E-state index in [1.54, 1.807) is 30.2 Å². The molecule has 0 spiro atoms. The number of nitrogens with zero attached hydrogens (tertiary/aromatic N) is 1. The summed E-state index contributed by atoms with van der Waals surface area (Å²) in [5.41, 5.74) is 2.17. The molecule has 2 aromatic carbocycles. The third-order valence-corrected chi connectivity index (χ3v) is 7.41. The molecule has 1 aliphatic carbocycles. The summed E-state index contributed by atoms with van der Waals surface area (Å²) in [6.45, 7) is 0.693. The van der Waals surface area contributed by atoms with Gasteiger partial charge < -0.3 is 15.0 Å². The van der Waals surface area contributed by atoms with Crippen molar-refractivity contribution in [1.82, 2.24) is 5.32 Å². The molecule has 5 nitrogen and oxygen atoms in total. The van der Waals surface area contributed by atoms with E-state index in [9.17, 15) is 9.59 Å². The number of likely N-dealkylation sites (N-methyl/N-ethyl adjacent to an activating group) is 1. The lowest BCUT2D eigenvalue weighted by atomic mass is 10.0. The Bertz CT molecular complexity index is 981. The van der Waals surface area contributed by atoms with Gasteiger partial charge in [-0.1, -0.05) is 43.5 Å². The molecular weight excluding hydrogens is 420 g/mol. The lowest BCUT2D eigenvalue weighted by molar-refractivity contribution is -0.117. The second kappa shape index (κ2) is 10.7. The second-order valence-electron chi connectivity index (χ2n) is 8.30. The first-order valence-electron chi connectivity index (χ1n) is 11.4. The van der Waals surface area contributed by atoms with Gasteiger partial charge in [-0.3, -0.25) is 9.59 Å². The number of thioether (sulfide) groups is 1. The average molecular weight is 451 g/mol. The molecule has 2 aromatic rings. The van der Waals surface area contributed by atoms with Gasteiger partial charge in [-0.25, -0.2) is 0 Å². The summed E-state index contributed by atoms with van der Waals surface area (Å²) in [7, 11) is 1.73. The molecule has 0 radical (unpaired) electrons. The van der Waals surface area contributed by atoms with Crippen molar-refractivity contribution in [2.75, 3.05) is 24.2 Å². The molecule has 0 unspecified atom stereocenters. The van der Waals surface area contributed by atoms with Gasteiger partial charge in [0.05, 0.1) is 5.69 Å². The van der Waals surface area contributed by atoms with Crippen LogP contribution in [0.1, 0.15) is 54.4 Å². The van der Waals surface area contributed by atoms with Gasteiger partial charge in [0.15, 0.2) is 11.5 Å².